The molecule has 0 aromatic heterocycles. The van der Waals surface area contributed by atoms with Gasteiger partial charge < -0.3 is 20.4 Å². The van der Waals surface area contributed by atoms with E-state index >= 15 is 0 Å². The van der Waals surface area contributed by atoms with Crippen LogP contribution in [-0.4, -0.2) is 60.5 Å². The fourth-order valence-corrected chi connectivity index (χ4v) is 3.39. The summed E-state index contributed by atoms with van der Waals surface area (Å²) in [5, 5.41) is 6.00. The first-order chi connectivity index (χ1) is 11.6. The van der Waals surface area contributed by atoms with Gasteiger partial charge in [0.25, 0.3) is 0 Å². The van der Waals surface area contributed by atoms with Crippen LogP contribution in [0.15, 0.2) is 30.3 Å². The molecule has 6 nitrogen and oxygen atoms in total. The number of rotatable bonds is 4. The first-order valence-electron chi connectivity index (χ1n) is 8.67. The van der Waals surface area contributed by atoms with Crippen LogP contribution in [0.1, 0.15) is 24.8 Å². The number of benzene rings is 1. The molecule has 6 heteroatoms. The molecule has 2 N–H and O–H groups in total. The first-order valence-corrected chi connectivity index (χ1v) is 8.67. The molecule has 1 atom stereocenters. The molecule has 0 aliphatic carbocycles. The van der Waals surface area contributed by atoms with E-state index in [0.29, 0.717) is 19.5 Å². The Hall–Kier alpha value is -2.08. The molecule has 3 amide bonds. The number of urea groups is 1. The first kappa shape index (κ1) is 16.8. The van der Waals surface area contributed by atoms with Crippen LogP contribution in [0.3, 0.4) is 0 Å². The minimum atomic E-state index is -0.149. The van der Waals surface area contributed by atoms with Crippen molar-refractivity contribution in [2.45, 2.75) is 37.9 Å². The Morgan fingerprint density at radius 1 is 1.12 bits per heavy atom. The lowest BCUT2D eigenvalue weighted by Gasteiger charge is -2.29. The number of carbonyl (C=O) groups is 2. The monoisotopic (exact) mass is 330 g/mol. The van der Waals surface area contributed by atoms with E-state index in [1.165, 1.54) is 0 Å². The molecule has 2 fully saturated rings. The number of nitrogens with one attached hydrogen (secondary N) is 2. The normalized spacial score (nSPS) is 22.6. The summed E-state index contributed by atoms with van der Waals surface area (Å²) in [4.78, 5) is 28.4. The van der Waals surface area contributed by atoms with Gasteiger partial charge in [-0.3, -0.25) is 4.79 Å². The molecular formula is C18H26N4O2. The fourth-order valence-electron chi connectivity index (χ4n) is 3.39. The summed E-state index contributed by atoms with van der Waals surface area (Å²) in [5.74, 6) is 0.100. The average Bonchev–Trinajstić information content (AvgIpc) is 2.90. The third-order valence-corrected chi connectivity index (χ3v) is 4.82. The highest BCUT2D eigenvalue weighted by molar-refractivity contribution is 5.81. The summed E-state index contributed by atoms with van der Waals surface area (Å²) < 4.78 is 0. The summed E-state index contributed by atoms with van der Waals surface area (Å²) in [6.07, 6.45) is 2.34. The van der Waals surface area contributed by atoms with Crippen molar-refractivity contribution in [2.24, 2.45) is 0 Å². The van der Waals surface area contributed by atoms with E-state index in [-0.39, 0.29) is 24.0 Å². The van der Waals surface area contributed by atoms with E-state index < -0.39 is 0 Å². The van der Waals surface area contributed by atoms with Crippen LogP contribution < -0.4 is 10.6 Å². The van der Waals surface area contributed by atoms with Crippen molar-refractivity contribution in [2.75, 3.05) is 26.7 Å². The van der Waals surface area contributed by atoms with Crippen molar-refractivity contribution in [1.29, 1.82) is 0 Å². The highest BCUT2D eigenvalue weighted by Crippen LogP contribution is 2.15. The predicted octanol–water partition coefficient (Wildman–Crippen LogP) is 1.18. The Kier molecular flexibility index (Phi) is 5.35. The van der Waals surface area contributed by atoms with E-state index in [1.807, 2.05) is 35.2 Å². The molecule has 1 aromatic rings. The van der Waals surface area contributed by atoms with Gasteiger partial charge in [0.15, 0.2) is 0 Å². The second kappa shape index (κ2) is 7.66. The zero-order chi connectivity index (χ0) is 16.9. The lowest BCUT2D eigenvalue weighted by Crippen LogP contribution is -2.50. The maximum absolute atomic E-state index is 12.2. The van der Waals surface area contributed by atoms with E-state index in [1.54, 1.807) is 0 Å². The van der Waals surface area contributed by atoms with Crippen molar-refractivity contribution in [3.05, 3.63) is 35.9 Å². The second-order valence-electron chi connectivity index (χ2n) is 6.86. The van der Waals surface area contributed by atoms with E-state index in [0.717, 1.165) is 31.5 Å². The van der Waals surface area contributed by atoms with Crippen molar-refractivity contribution in [3.63, 3.8) is 0 Å². The zero-order valence-electron chi connectivity index (χ0n) is 14.2. The van der Waals surface area contributed by atoms with E-state index in [4.69, 9.17) is 0 Å². The highest BCUT2D eigenvalue weighted by Gasteiger charge is 2.31. The number of amides is 3. The SMILES string of the molecule is CN1CCC(NC(=O)NC2CC(=O)N(Cc3ccccc3)C2)CC1. The quantitative estimate of drug-likeness (QED) is 0.871. The van der Waals surface area contributed by atoms with Gasteiger partial charge in [0.1, 0.15) is 0 Å². The van der Waals surface area contributed by atoms with Gasteiger partial charge >= 0.3 is 6.03 Å². The van der Waals surface area contributed by atoms with Crippen LogP contribution in [0.4, 0.5) is 4.79 Å². The molecule has 2 aliphatic heterocycles. The summed E-state index contributed by atoms with van der Waals surface area (Å²) >= 11 is 0. The fraction of sp³-hybridized carbons (Fsp3) is 0.556. The minimum Gasteiger partial charge on any atom is -0.336 e. The number of piperidine rings is 1. The van der Waals surface area contributed by atoms with Gasteiger partial charge in [0.05, 0.1) is 6.04 Å². The number of likely N-dealkylation sites (tertiary alicyclic amines) is 2. The van der Waals surface area contributed by atoms with Gasteiger partial charge in [0, 0.05) is 25.6 Å². The highest BCUT2D eigenvalue weighted by atomic mass is 16.2. The Bertz CT molecular complexity index is 570. The van der Waals surface area contributed by atoms with Crippen molar-refractivity contribution in [1.82, 2.24) is 20.4 Å². The summed E-state index contributed by atoms with van der Waals surface area (Å²) in [6.45, 7) is 3.21. The Morgan fingerprint density at radius 2 is 1.79 bits per heavy atom. The number of carbonyl (C=O) groups excluding carboxylic acids is 2. The second-order valence-corrected chi connectivity index (χ2v) is 6.86. The lowest BCUT2D eigenvalue weighted by molar-refractivity contribution is -0.128. The van der Waals surface area contributed by atoms with Crippen LogP contribution in [0, 0.1) is 0 Å². The van der Waals surface area contributed by atoms with Gasteiger partial charge in [-0.25, -0.2) is 4.79 Å². The third kappa shape index (κ3) is 4.47. The largest absolute Gasteiger partial charge is 0.336 e. The summed E-state index contributed by atoms with van der Waals surface area (Å²) in [5.41, 5.74) is 1.11. The van der Waals surface area contributed by atoms with Crippen LogP contribution in [0.5, 0.6) is 0 Å². The number of hydrogen-bond acceptors (Lipinski definition) is 3. The van der Waals surface area contributed by atoms with Gasteiger partial charge in [-0.1, -0.05) is 30.3 Å². The zero-order valence-corrected chi connectivity index (χ0v) is 14.2. The van der Waals surface area contributed by atoms with Crippen molar-refractivity contribution < 1.29 is 9.59 Å². The molecule has 1 aromatic carbocycles. The van der Waals surface area contributed by atoms with Crippen molar-refractivity contribution >= 4 is 11.9 Å². The molecule has 3 rings (SSSR count). The number of nitrogens with zero attached hydrogens (tertiary/aromatic N) is 2. The Morgan fingerprint density at radius 3 is 2.50 bits per heavy atom. The van der Waals surface area contributed by atoms with Gasteiger partial charge in [-0.2, -0.15) is 0 Å². The topological polar surface area (TPSA) is 64.7 Å². The Balaban J connectivity index is 1.44. The molecule has 2 aliphatic rings. The molecule has 0 saturated carbocycles. The molecular weight excluding hydrogens is 304 g/mol. The molecule has 0 bridgehead atoms. The molecule has 2 saturated heterocycles. The van der Waals surface area contributed by atoms with Crippen LogP contribution in [0.2, 0.25) is 0 Å². The average molecular weight is 330 g/mol. The molecule has 0 spiro atoms. The summed E-state index contributed by atoms with van der Waals surface area (Å²) in [6, 6.07) is 9.92. The molecule has 1 unspecified atom stereocenters. The molecule has 0 radical (unpaired) electrons. The standard InChI is InChI=1S/C18H26N4O2/c1-21-9-7-15(8-10-21)19-18(24)20-16-11-17(23)22(13-16)12-14-5-3-2-4-6-14/h2-6,15-16H,7-13H2,1H3,(H2,19,20,24). The molecule has 2 heterocycles. The van der Waals surface area contributed by atoms with Crippen LogP contribution in [-0.2, 0) is 11.3 Å². The van der Waals surface area contributed by atoms with Gasteiger partial charge in [-0.05, 0) is 38.5 Å². The predicted molar refractivity (Wildman–Crippen MR) is 92.5 cm³/mol. The minimum absolute atomic E-state index is 0.100. The summed E-state index contributed by atoms with van der Waals surface area (Å²) in [7, 11) is 2.10. The van der Waals surface area contributed by atoms with Gasteiger partial charge in [0.2, 0.25) is 5.91 Å². The van der Waals surface area contributed by atoms with Crippen LogP contribution >= 0.6 is 0 Å². The van der Waals surface area contributed by atoms with E-state index in [2.05, 4.69) is 22.6 Å². The van der Waals surface area contributed by atoms with E-state index in [9.17, 15) is 9.59 Å². The van der Waals surface area contributed by atoms with Crippen LogP contribution in [0.25, 0.3) is 0 Å². The van der Waals surface area contributed by atoms with Crippen molar-refractivity contribution in [3.8, 4) is 0 Å². The molecule has 24 heavy (non-hydrogen) atoms. The lowest BCUT2D eigenvalue weighted by atomic mass is 10.1. The molecule has 130 valence electrons. The maximum Gasteiger partial charge on any atom is 0.315 e. The Labute approximate surface area is 143 Å². The third-order valence-electron chi connectivity index (χ3n) is 4.82. The van der Waals surface area contributed by atoms with Gasteiger partial charge in [-0.15, -0.1) is 0 Å². The smallest absolute Gasteiger partial charge is 0.315 e. The number of hydrogen-bond donors (Lipinski definition) is 2. The maximum atomic E-state index is 12.2.